The third kappa shape index (κ3) is 5.40. The number of fused-ring (bicyclic) bond motifs is 1. The predicted molar refractivity (Wildman–Crippen MR) is 150 cm³/mol. The average molecular weight is 468 g/mol. The standard InChI is InChI=1S/C30H37N5/c1-5-8-12-22(6-2)17-23(7-3)24-13-14-26(31)25(18-24)21(4)30-33-27-19-32-20-28(29(27)34-30)35-15-10-9-11-16-35/h6-7,13-14,17-20H,2,4-5,8-12,15-16,31H2,1,3H3,(H,33,34)/b22-17+,23-7+. The van der Waals surface area contributed by atoms with Crippen LogP contribution in [0, 0.1) is 0 Å². The zero-order valence-corrected chi connectivity index (χ0v) is 21.1. The van der Waals surface area contributed by atoms with Crippen molar-refractivity contribution in [2.45, 2.75) is 52.4 Å². The van der Waals surface area contributed by atoms with Gasteiger partial charge in [0.2, 0.25) is 0 Å². The van der Waals surface area contributed by atoms with Crippen molar-refractivity contribution >= 4 is 33.6 Å². The van der Waals surface area contributed by atoms with Gasteiger partial charge >= 0.3 is 0 Å². The molecule has 0 aliphatic carbocycles. The van der Waals surface area contributed by atoms with Crippen molar-refractivity contribution < 1.29 is 0 Å². The van der Waals surface area contributed by atoms with Crippen LogP contribution in [0.5, 0.6) is 0 Å². The van der Waals surface area contributed by atoms with Crippen molar-refractivity contribution in [2.24, 2.45) is 0 Å². The normalized spacial score (nSPS) is 15.0. The van der Waals surface area contributed by atoms with E-state index in [2.05, 4.69) is 66.2 Å². The Morgan fingerprint density at radius 2 is 2.00 bits per heavy atom. The van der Waals surface area contributed by atoms with Gasteiger partial charge in [0.1, 0.15) is 11.3 Å². The van der Waals surface area contributed by atoms with Gasteiger partial charge in [-0.2, -0.15) is 0 Å². The molecule has 182 valence electrons. The van der Waals surface area contributed by atoms with Gasteiger partial charge in [-0.05, 0) is 67.9 Å². The second kappa shape index (κ2) is 11.2. The molecule has 5 nitrogen and oxygen atoms in total. The van der Waals surface area contributed by atoms with E-state index in [1.807, 2.05) is 24.5 Å². The van der Waals surface area contributed by atoms with E-state index in [1.54, 1.807) is 0 Å². The highest BCUT2D eigenvalue weighted by Gasteiger charge is 2.18. The number of H-pyrrole nitrogens is 1. The first kappa shape index (κ1) is 24.5. The fourth-order valence-electron chi connectivity index (χ4n) is 4.70. The van der Waals surface area contributed by atoms with Crippen molar-refractivity contribution in [3.63, 3.8) is 0 Å². The van der Waals surface area contributed by atoms with Gasteiger partial charge in [-0.15, -0.1) is 0 Å². The summed E-state index contributed by atoms with van der Waals surface area (Å²) < 4.78 is 0. The van der Waals surface area contributed by atoms with Crippen LogP contribution in [0.25, 0.3) is 22.2 Å². The summed E-state index contributed by atoms with van der Waals surface area (Å²) in [7, 11) is 0. The number of hydrogen-bond acceptors (Lipinski definition) is 4. The number of nitrogen functional groups attached to an aromatic ring is 1. The number of unbranched alkanes of at least 4 members (excludes halogenated alkanes) is 1. The molecule has 0 atom stereocenters. The smallest absolute Gasteiger partial charge is 0.138 e. The molecule has 1 aliphatic heterocycles. The number of aromatic nitrogens is 3. The highest BCUT2D eigenvalue weighted by molar-refractivity contribution is 5.92. The summed E-state index contributed by atoms with van der Waals surface area (Å²) in [4.78, 5) is 15.3. The van der Waals surface area contributed by atoms with Gasteiger partial charge in [0, 0.05) is 29.9 Å². The van der Waals surface area contributed by atoms with Crippen molar-refractivity contribution in [1.29, 1.82) is 0 Å². The first-order valence-corrected chi connectivity index (χ1v) is 12.7. The number of piperidine rings is 1. The molecule has 2 aromatic heterocycles. The number of aromatic amines is 1. The van der Waals surface area contributed by atoms with Gasteiger partial charge in [0.05, 0.1) is 23.6 Å². The minimum Gasteiger partial charge on any atom is -0.398 e. The molecule has 5 heteroatoms. The van der Waals surface area contributed by atoms with Gasteiger partial charge in [-0.3, -0.25) is 4.98 Å². The van der Waals surface area contributed by atoms with E-state index in [4.69, 9.17) is 10.7 Å². The fourth-order valence-corrected chi connectivity index (χ4v) is 4.70. The number of nitrogens with two attached hydrogens (primary N) is 1. The zero-order chi connectivity index (χ0) is 24.8. The number of rotatable bonds is 9. The quantitative estimate of drug-likeness (QED) is 0.256. The van der Waals surface area contributed by atoms with Crippen LogP contribution in [0.4, 0.5) is 11.4 Å². The third-order valence-corrected chi connectivity index (χ3v) is 6.80. The lowest BCUT2D eigenvalue weighted by molar-refractivity contribution is 0.578. The van der Waals surface area contributed by atoms with Crippen molar-refractivity contribution in [3.05, 3.63) is 84.5 Å². The third-order valence-electron chi connectivity index (χ3n) is 6.80. The Hall–Kier alpha value is -3.60. The molecule has 0 spiro atoms. The number of hydrogen-bond donors (Lipinski definition) is 2. The molecule has 3 heterocycles. The van der Waals surface area contributed by atoms with Gasteiger partial charge in [-0.25, -0.2) is 4.98 Å². The number of nitrogens with zero attached hydrogens (tertiary/aromatic N) is 3. The number of anilines is 2. The van der Waals surface area contributed by atoms with Gasteiger partial charge < -0.3 is 15.6 Å². The van der Waals surface area contributed by atoms with E-state index >= 15 is 0 Å². The molecule has 1 aromatic carbocycles. The molecule has 1 aliphatic rings. The van der Waals surface area contributed by atoms with Gasteiger partial charge in [0.25, 0.3) is 0 Å². The summed E-state index contributed by atoms with van der Waals surface area (Å²) in [6.07, 6.45) is 17.1. The van der Waals surface area contributed by atoms with Crippen LogP contribution in [-0.4, -0.2) is 28.0 Å². The first-order chi connectivity index (χ1) is 17.0. The van der Waals surface area contributed by atoms with Crippen LogP contribution in [0.1, 0.15) is 69.3 Å². The summed E-state index contributed by atoms with van der Waals surface area (Å²) in [5.74, 6) is 0.724. The number of allylic oxidation sites excluding steroid dienone is 5. The number of benzene rings is 1. The summed E-state index contributed by atoms with van der Waals surface area (Å²) in [5.41, 5.74) is 15.2. The van der Waals surface area contributed by atoms with E-state index in [1.165, 1.54) is 24.8 Å². The summed E-state index contributed by atoms with van der Waals surface area (Å²) >= 11 is 0. The Morgan fingerprint density at radius 3 is 2.71 bits per heavy atom. The minimum atomic E-state index is 0.683. The van der Waals surface area contributed by atoms with Crippen molar-refractivity contribution in [2.75, 3.05) is 23.7 Å². The molecule has 3 N–H and O–H groups in total. The molecule has 4 rings (SSSR count). The molecule has 0 unspecified atom stereocenters. The largest absolute Gasteiger partial charge is 0.398 e. The molecule has 0 radical (unpaired) electrons. The molecule has 1 saturated heterocycles. The average Bonchev–Trinajstić information content (AvgIpc) is 3.34. The fraction of sp³-hybridized carbons (Fsp3) is 0.333. The SMILES string of the molecule is C=C/C(=C\C(=C/C)c1ccc(N)c(C(=C)c2nc3c(N4CCCCC4)cncc3[nH]2)c1)CCCC. The summed E-state index contributed by atoms with van der Waals surface area (Å²) in [6.45, 7) is 14.7. The lowest BCUT2D eigenvalue weighted by Gasteiger charge is -2.28. The maximum atomic E-state index is 6.43. The molecular formula is C30H37N5. The monoisotopic (exact) mass is 467 g/mol. The van der Waals surface area contributed by atoms with E-state index in [-0.39, 0.29) is 0 Å². The maximum Gasteiger partial charge on any atom is 0.138 e. The van der Waals surface area contributed by atoms with E-state index in [0.717, 1.165) is 77.2 Å². The van der Waals surface area contributed by atoms with Crippen LogP contribution in [-0.2, 0) is 0 Å². The Bertz CT molecular complexity index is 1270. The molecule has 3 aromatic rings. The second-order valence-corrected chi connectivity index (χ2v) is 9.24. The predicted octanol–water partition coefficient (Wildman–Crippen LogP) is 7.30. The Kier molecular flexibility index (Phi) is 7.86. The van der Waals surface area contributed by atoms with Crippen LogP contribution in [0.15, 0.2) is 67.6 Å². The molecule has 1 fully saturated rings. The van der Waals surface area contributed by atoms with Crippen LogP contribution < -0.4 is 10.6 Å². The van der Waals surface area contributed by atoms with E-state index < -0.39 is 0 Å². The van der Waals surface area contributed by atoms with Gasteiger partial charge in [-0.1, -0.05) is 50.8 Å². The zero-order valence-electron chi connectivity index (χ0n) is 21.1. The Labute approximate surface area is 209 Å². The molecule has 0 saturated carbocycles. The van der Waals surface area contributed by atoms with Gasteiger partial charge in [0.15, 0.2) is 0 Å². The summed E-state index contributed by atoms with van der Waals surface area (Å²) in [5, 5.41) is 0. The van der Waals surface area contributed by atoms with E-state index in [9.17, 15) is 0 Å². The van der Waals surface area contributed by atoms with E-state index in [0.29, 0.717) is 5.69 Å². The molecular weight excluding hydrogens is 430 g/mol. The minimum absolute atomic E-state index is 0.683. The van der Waals surface area contributed by atoms with Crippen LogP contribution in [0.3, 0.4) is 0 Å². The first-order valence-electron chi connectivity index (χ1n) is 12.7. The highest BCUT2D eigenvalue weighted by Crippen LogP contribution is 2.33. The van der Waals surface area contributed by atoms with Crippen molar-refractivity contribution in [1.82, 2.24) is 15.0 Å². The van der Waals surface area contributed by atoms with Crippen molar-refractivity contribution in [3.8, 4) is 0 Å². The number of nitrogens with one attached hydrogen (secondary N) is 1. The van der Waals surface area contributed by atoms with Crippen LogP contribution in [0.2, 0.25) is 0 Å². The molecule has 0 amide bonds. The maximum absolute atomic E-state index is 6.43. The Morgan fingerprint density at radius 1 is 1.20 bits per heavy atom. The lowest BCUT2D eigenvalue weighted by atomic mass is 9.95. The Balaban J connectivity index is 1.68. The number of imidazole rings is 1. The topological polar surface area (TPSA) is 70.8 Å². The van der Waals surface area contributed by atoms with Crippen LogP contribution >= 0.6 is 0 Å². The summed E-state index contributed by atoms with van der Waals surface area (Å²) in [6, 6.07) is 6.13. The number of pyridine rings is 1. The highest BCUT2D eigenvalue weighted by atomic mass is 15.2. The lowest BCUT2D eigenvalue weighted by Crippen LogP contribution is -2.29. The molecule has 0 bridgehead atoms. The molecule has 35 heavy (non-hydrogen) atoms. The second-order valence-electron chi connectivity index (χ2n) is 9.24.